The lowest BCUT2D eigenvalue weighted by Crippen LogP contribution is -2.50. The number of rotatable bonds is 2. The van der Waals surface area contributed by atoms with Crippen molar-refractivity contribution >= 4 is 5.91 Å². The van der Waals surface area contributed by atoms with Crippen LogP contribution in [0.5, 0.6) is 0 Å². The molecule has 0 aliphatic heterocycles. The van der Waals surface area contributed by atoms with Crippen molar-refractivity contribution in [2.75, 3.05) is 0 Å². The molecule has 0 radical (unpaired) electrons. The molecule has 0 bridgehead atoms. The molecule has 106 valence electrons. The van der Waals surface area contributed by atoms with E-state index >= 15 is 0 Å². The van der Waals surface area contributed by atoms with E-state index in [0.717, 1.165) is 18.4 Å². The summed E-state index contributed by atoms with van der Waals surface area (Å²) in [6, 6.07) is 2.85. The van der Waals surface area contributed by atoms with Gasteiger partial charge in [-0.25, -0.2) is 13.8 Å². The molecule has 0 atom stereocenters. The summed E-state index contributed by atoms with van der Waals surface area (Å²) in [4.78, 5) is 15.8. The molecule has 1 aromatic rings. The normalized spacial score (nSPS) is 20.5. The fourth-order valence-electron chi connectivity index (χ4n) is 2.04. The van der Waals surface area contributed by atoms with Gasteiger partial charge in [0.2, 0.25) is 0 Å². The number of halogens is 2. The number of aromatic nitrogens is 1. The van der Waals surface area contributed by atoms with Gasteiger partial charge in [0.15, 0.2) is 0 Å². The first-order valence-corrected chi connectivity index (χ1v) is 6.68. The number of nitrogens with one attached hydrogen (secondary N) is 1. The summed E-state index contributed by atoms with van der Waals surface area (Å²) in [6.07, 6.45) is 3.28. The number of pyridine rings is 1. The lowest BCUT2D eigenvalue weighted by Gasteiger charge is -2.35. The average Bonchev–Trinajstić information content (AvgIpc) is 3.18. The molecule has 1 aromatic heterocycles. The monoisotopic (exact) mass is 278 g/mol. The molecule has 2 aliphatic carbocycles. The first-order chi connectivity index (χ1) is 9.52. The van der Waals surface area contributed by atoms with E-state index in [2.05, 4.69) is 22.1 Å². The van der Waals surface area contributed by atoms with E-state index < -0.39 is 17.9 Å². The predicted octanol–water partition coefficient (Wildman–Crippen LogP) is 2.62. The Morgan fingerprint density at radius 1 is 1.40 bits per heavy atom. The van der Waals surface area contributed by atoms with Crippen LogP contribution >= 0.6 is 0 Å². The molecule has 2 aliphatic rings. The predicted molar refractivity (Wildman–Crippen MR) is 71.4 cm³/mol. The van der Waals surface area contributed by atoms with E-state index in [9.17, 15) is 13.6 Å². The molecular formula is C15H16F2N2O. The molecule has 0 aromatic carbocycles. The van der Waals surface area contributed by atoms with Crippen molar-refractivity contribution in [3.05, 3.63) is 29.6 Å². The summed E-state index contributed by atoms with van der Waals surface area (Å²) in [5.74, 6) is 3.58. The van der Waals surface area contributed by atoms with Crippen LogP contribution in [-0.4, -0.2) is 22.9 Å². The van der Waals surface area contributed by atoms with Crippen LogP contribution in [0.3, 0.4) is 0 Å². The topological polar surface area (TPSA) is 42.0 Å². The van der Waals surface area contributed by atoms with E-state index in [-0.39, 0.29) is 20.0 Å². The molecule has 1 heterocycles. The summed E-state index contributed by atoms with van der Waals surface area (Å²) in [7, 11) is 0. The maximum atomic E-state index is 12.7. The van der Waals surface area contributed by atoms with Crippen LogP contribution in [0, 0.1) is 17.8 Å². The third-order valence-corrected chi connectivity index (χ3v) is 3.42. The van der Waals surface area contributed by atoms with Gasteiger partial charge in [-0.05, 0) is 25.0 Å². The third-order valence-electron chi connectivity index (χ3n) is 3.42. The number of amides is 1. The van der Waals surface area contributed by atoms with Crippen molar-refractivity contribution in [2.45, 2.75) is 37.6 Å². The van der Waals surface area contributed by atoms with Crippen LogP contribution in [0.1, 0.15) is 43.2 Å². The van der Waals surface area contributed by atoms with E-state index in [1.54, 1.807) is 18.3 Å². The minimum atomic E-state index is -2.63. The Morgan fingerprint density at radius 2 is 2.15 bits per heavy atom. The molecule has 2 fully saturated rings. The molecule has 3 nitrogen and oxygen atoms in total. The highest BCUT2D eigenvalue weighted by Gasteiger charge is 2.46. The largest absolute Gasteiger partial charge is 0.348 e. The van der Waals surface area contributed by atoms with Gasteiger partial charge in [0.1, 0.15) is 5.69 Å². The zero-order valence-corrected chi connectivity index (χ0v) is 10.8. The van der Waals surface area contributed by atoms with Crippen molar-refractivity contribution in [1.29, 1.82) is 0 Å². The van der Waals surface area contributed by atoms with Crippen molar-refractivity contribution in [3.8, 4) is 11.8 Å². The van der Waals surface area contributed by atoms with Crippen molar-refractivity contribution in [2.24, 2.45) is 5.92 Å². The molecule has 3 rings (SSSR count). The zero-order chi connectivity index (χ0) is 14.2. The highest BCUT2D eigenvalue weighted by atomic mass is 19.3. The Hall–Kier alpha value is -1.96. The lowest BCUT2D eigenvalue weighted by molar-refractivity contribution is -0.0901. The molecule has 0 spiro atoms. The first kappa shape index (κ1) is 13.0. The van der Waals surface area contributed by atoms with E-state index in [4.69, 9.17) is 0 Å². The molecule has 0 saturated heterocycles. The van der Waals surface area contributed by atoms with Gasteiger partial charge >= 0.3 is 0 Å². The molecule has 0 unspecified atom stereocenters. The second-order valence-corrected chi connectivity index (χ2v) is 5.41. The van der Waals surface area contributed by atoms with Crippen LogP contribution in [-0.2, 0) is 0 Å². The fourth-order valence-corrected chi connectivity index (χ4v) is 2.04. The Balaban J connectivity index is 0.00000161. The SMILES string of the molecule is O=C(NC1CC(F)(F)C1)c1ccc(C#CC2CC2)cn1.[HH]. The summed E-state index contributed by atoms with van der Waals surface area (Å²) in [5.41, 5.74) is 1.00. The van der Waals surface area contributed by atoms with E-state index in [1.807, 2.05) is 0 Å². The van der Waals surface area contributed by atoms with E-state index in [0.29, 0.717) is 5.92 Å². The molecule has 1 N–H and O–H groups in total. The highest BCUT2D eigenvalue weighted by Crippen LogP contribution is 2.37. The maximum absolute atomic E-state index is 12.7. The number of hydrogen-bond acceptors (Lipinski definition) is 2. The second kappa shape index (κ2) is 4.86. The van der Waals surface area contributed by atoms with Crippen molar-refractivity contribution < 1.29 is 15.0 Å². The van der Waals surface area contributed by atoms with Crippen molar-refractivity contribution in [3.63, 3.8) is 0 Å². The van der Waals surface area contributed by atoms with Crippen molar-refractivity contribution in [1.82, 2.24) is 10.3 Å². The van der Waals surface area contributed by atoms with Gasteiger partial charge in [0, 0.05) is 38.0 Å². The van der Waals surface area contributed by atoms with Crippen LogP contribution in [0.4, 0.5) is 8.78 Å². The average molecular weight is 278 g/mol. The smallest absolute Gasteiger partial charge is 0.270 e. The molecule has 5 heteroatoms. The summed E-state index contributed by atoms with van der Waals surface area (Å²) < 4.78 is 25.3. The Kier molecular flexibility index (Phi) is 3.17. The van der Waals surface area contributed by atoms with Gasteiger partial charge in [0.05, 0.1) is 0 Å². The molecule has 2 saturated carbocycles. The van der Waals surface area contributed by atoms with Crippen LogP contribution in [0.2, 0.25) is 0 Å². The minimum Gasteiger partial charge on any atom is -0.348 e. The van der Waals surface area contributed by atoms with Gasteiger partial charge in [-0.2, -0.15) is 0 Å². The standard InChI is InChI=1S/C15H14F2N2O.H2/c16-15(17)7-12(8-15)19-14(20)13-6-5-11(9-18-13)4-3-10-1-2-10;/h5-6,9-10,12H,1-2,7-8H2,(H,19,20);1H. The van der Waals surface area contributed by atoms with Gasteiger partial charge in [-0.1, -0.05) is 11.8 Å². The quantitative estimate of drug-likeness (QED) is 0.845. The Morgan fingerprint density at radius 3 is 2.70 bits per heavy atom. The van der Waals surface area contributed by atoms with Crippen LogP contribution in [0.15, 0.2) is 18.3 Å². The van der Waals surface area contributed by atoms with Crippen LogP contribution < -0.4 is 5.32 Å². The summed E-state index contributed by atoms with van der Waals surface area (Å²) >= 11 is 0. The lowest BCUT2D eigenvalue weighted by atomic mass is 9.88. The van der Waals surface area contributed by atoms with Gasteiger partial charge in [-0.15, -0.1) is 0 Å². The van der Waals surface area contributed by atoms with Gasteiger partial charge in [-0.3, -0.25) is 4.79 Å². The van der Waals surface area contributed by atoms with Crippen LogP contribution in [0.25, 0.3) is 0 Å². The Labute approximate surface area is 117 Å². The van der Waals surface area contributed by atoms with E-state index in [1.165, 1.54) is 0 Å². The molecular weight excluding hydrogens is 262 g/mol. The molecule has 20 heavy (non-hydrogen) atoms. The molecule has 1 amide bonds. The first-order valence-electron chi connectivity index (χ1n) is 6.68. The summed E-state index contributed by atoms with van der Waals surface area (Å²) in [6.45, 7) is 0. The number of hydrogen-bond donors (Lipinski definition) is 1. The fraction of sp³-hybridized carbons (Fsp3) is 0.467. The van der Waals surface area contributed by atoms with Gasteiger partial charge < -0.3 is 5.32 Å². The van der Waals surface area contributed by atoms with Gasteiger partial charge in [0.25, 0.3) is 11.8 Å². The highest BCUT2D eigenvalue weighted by molar-refractivity contribution is 5.92. The number of nitrogens with zero attached hydrogens (tertiary/aromatic N) is 1. The second-order valence-electron chi connectivity index (χ2n) is 5.41. The Bertz CT molecular complexity index is 580. The summed E-state index contributed by atoms with van der Waals surface area (Å²) in [5, 5.41) is 2.55. The number of carbonyl (C=O) groups is 1. The number of carbonyl (C=O) groups excluding carboxylic acids is 1. The zero-order valence-electron chi connectivity index (χ0n) is 10.8. The third kappa shape index (κ3) is 3.13. The maximum Gasteiger partial charge on any atom is 0.270 e. The number of alkyl halides is 2. The minimum absolute atomic E-state index is 0.